The van der Waals surface area contributed by atoms with Gasteiger partial charge in [0.2, 0.25) is 11.5 Å². The van der Waals surface area contributed by atoms with Crippen LogP contribution in [0.25, 0.3) is 32.8 Å². The van der Waals surface area contributed by atoms with E-state index in [1.165, 1.54) is 10.9 Å². The van der Waals surface area contributed by atoms with E-state index in [9.17, 15) is 9.59 Å². The first-order valence-electron chi connectivity index (χ1n) is 8.84. The number of hydrogen-bond donors (Lipinski definition) is 1. The molecule has 6 nitrogen and oxygen atoms in total. The van der Waals surface area contributed by atoms with E-state index >= 15 is 0 Å². The number of furan rings is 1. The summed E-state index contributed by atoms with van der Waals surface area (Å²) in [4.78, 5) is 29.5. The van der Waals surface area contributed by atoms with Gasteiger partial charge in [0.25, 0.3) is 5.56 Å². The van der Waals surface area contributed by atoms with Crippen LogP contribution in [0.5, 0.6) is 0 Å². The maximum absolute atomic E-state index is 12.7. The summed E-state index contributed by atoms with van der Waals surface area (Å²) < 4.78 is 6.90. The van der Waals surface area contributed by atoms with E-state index < -0.39 is 0 Å². The lowest BCUT2D eigenvalue weighted by molar-refractivity contribution is -0.116. The molecular weight excluding hydrogens is 354 g/mol. The third-order valence-corrected chi connectivity index (χ3v) is 4.70. The van der Waals surface area contributed by atoms with Gasteiger partial charge in [0, 0.05) is 11.1 Å². The first-order chi connectivity index (χ1) is 13.7. The summed E-state index contributed by atoms with van der Waals surface area (Å²) in [6, 6.07) is 20.9. The van der Waals surface area contributed by atoms with Gasteiger partial charge in [0.05, 0.1) is 6.33 Å². The summed E-state index contributed by atoms with van der Waals surface area (Å²) >= 11 is 0. The minimum absolute atomic E-state index is 0.147. The van der Waals surface area contributed by atoms with E-state index in [0.717, 1.165) is 16.2 Å². The Morgan fingerprint density at radius 2 is 1.79 bits per heavy atom. The number of carbonyl (C=O) groups is 1. The van der Waals surface area contributed by atoms with E-state index in [0.29, 0.717) is 16.8 Å². The summed E-state index contributed by atoms with van der Waals surface area (Å²) in [7, 11) is 0. The zero-order chi connectivity index (χ0) is 19.1. The molecule has 136 valence electrons. The molecule has 0 aliphatic rings. The number of amides is 1. The van der Waals surface area contributed by atoms with Gasteiger partial charge in [-0.15, -0.1) is 0 Å². The molecule has 2 aromatic heterocycles. The molecular formula is C22H15N3O3. The first-order valence-corrected chi connectivity index (χ1v) is 8.84. The lowest BCUT2D eigenvalue weighted by Crippen LogP contribution is -2.27. The molecule has 1 N–H and O–H groups in total. The van der Waals surface area contributed by atoms with Gasteiger partial charge in [-0.1, -0.05) is 42.5 Å². The van der Waals surface area contributed by atoms with Gasteiger partial charge in [0.1, 0.15) is 17.6 Å². The number of para-hydroxylation sites is 1. The Morgan fingerprint density at radius 1 is 1.00 bits per heavy atom. The predicted octanol–water partition coefficient (Wildman–Crippen LogP) is 3.93. The van der Waals surface area contributed by atoms with Crippen molar-refractivity contribution in [3.63, 3.8) is 0 Å². The highest BCUT2D eigenvalue weighted by Crippen LogP contribution is 2.24. The number of nitrogens with one attached hydrogen (secondary N) is 1. The Balaban J connectivity index is 1.43. The number of hydrogen-bond acceptors (Lipinski definition) is 4. The van der Waals surface area contributed by atoms with E-state index in [4.69, 9.17) is 4.42 Å². The Kier molecular flexibility index (Phi) is 3.69. The quantitative estimate of drug-likeness (QED) is 0.523. The summed E-state index contributed by atoms with van der Waals surface area (Å²) in [5, 5.41) is 5.73. The summed E-state index contributed by atoms with van der Waals surface area (Å²) in [6.45, 7) is -0.147. The Hall–Kier alpha value is -3.93. The number of benzene rings is 3. The molecule has 0 radical (unpaired) electrons. The second kappa shape index (κ2) is 6.35. The highest BCUT2D eigenvalue weighted by molar-refractivity contribution is 6.02. The Bertz CT molecular complexity index is 1420. The van der Waals surface area contributed by atoms with Gasteiger partial charge in [-0.05, 0) is 35.0 Å². The zero-order valence-corrected chi connectivity index (χ0v) is 14.8. The van der Waals surface area contributed by atoms with Gasteiger partial charge in [0.15, 0.2) is 0 Å². The molecule has 0 saturated heterocycles. The van der Waals surface area contributed by atoms with Crippen molar-refractivity contribution in [1.29, 1.82) is 0 Å². The fourth-order valence-electron chi connectivity index (χ4n) is 3.35. The summed E-state index contributed by atoms with van der Waals surface area (Å²) in [6.07, 6.45) is 1.38. The second-order valence-electron chi connectivity index (χ2n) is 6.56. The largest absolute Gasteiger partial charge is 0.448 e. The molecule has 0 aliphatic carbocycles. The predicted molar refractivity (Wildman–Crippen MR) is 108 cm³/mol. The minimum atomic E-state index is -0.380. The number of fused-ring (bicyclic) bond motifs is 4. The molecule has 5 rings (SSSR count). The molecule has 3 aromatic carbocycles. The molecule has 0 bridgehead atoms. The van der Waals surface area contributed by atoms with Crippen LogP contribution in [0.1, 0.15) is 0 Å². The maximum atomic E-state index is 12.7. The maximum Gasteiger partial charge on any atom is 0.297 e. The molecule has 6 heteroatoms. The summed E-state index contributed by atoms with van der Waals surface area (Å²) in [5.74, 6) is -0.311. The Labute approximate surface area is 159 Å². The van der Waals surface area contributed by atoms with Crippen LogP contribution in [-0.2, 0) is 11.3 Å². The van der Waals surface area contributed by atoms with Crippen LogP contribution in [0, 0.1) is 0 Å². The van der Waals surface area contributed by atoms with Gasteiger partial charge in [-0.2, -0.15) is 0 Å². The van der Waals surface area contributed by atoms with E-state index in [2.05, 4.69) is 10.3 Å². The molecule has 0 unspecified atom stereocenters. The minimum Gasteiger partial charge on any atom is -0.448 e. The normalized spacial score (nSPS) is 11.3. The van der Waals surface area contributed by atoms with Crippen molar-refractivity contribution in [2.45, 2.75) is 6.54 Å². The van der Waals surface area contributed by atoms with Gasteiger partial charge < -0.3 is 9.73 Å². The molecule has 0 aliphatic heterocycles. The van der Waals surface area contributed by atoms with Gasteiger partial charge in [-0.25, -0.2) is 4.98 Å². The molecule has 28 heavy (non-hydrogen) atoms. The Morgan fingerprint density at radius 3 is 2.68 bits per heavy atom. The fourth-order valence-corrected chi connectivity index (χ4v) is 3.35. The standard InChI is InChI=1S/C22H15N3O3/c26-19(24-16-10-9-14-5-1-2-6-15(14)11-16)12-25-13-23-20-17-7-3-4-8-18(17)28-21(20)22(25)27/h1-11,13H,12H2,(H,24,26). The average Bonchev–Trinajstić information content (AvgIpc) is 3.09. The van der Waals surface area contributed by atoms with Crippen LogP contribution in [0.15, 0.2) is 82.3 Å². The molecule has 0 spiro atoms. The topological polar surface area (TPSA) is 77.1 Å². The SMILES string of the molecule is O=C(Cn1cnc2c(oc3ccccc32)c1=O)Nc1ccc2ccccc2c1. The molecule has 0 atom stereocenters. The number of rotatable bonds is 3. The average molecular weight is 369 g/mol. The first kappa shape index (κ1) is 16.3. The summed E-state index contributed by atoms with van der Waals surface area (Å²) in [5.41, 5.74) is 1.55. The number of anilines is 1. The molecule has 0 fully saturated rings. The second-order valence-corrected chi connectivity index (χ2v) is 6.56. The lowest BCUT2D eigenvalue weighted by atomic mass is 10.1. The number of carbonyl (C=O) groups excluding carboxylic acids is 1. The highest BCUT2D eigenvalue weighted by Gasteiger charge is 2.14. The number of nitrogens with zero attached hydrogens (tertiary/aromatic N) is 2. The number of aromatic nitrogens is 2. The van der Waals surface area contributed by atoms with Crippen molar-refractivity contribution in [1.82, 2.24) is 9.55 Å². The van der Waals surface area contributed by atoms with Gasteiger partial charge in [-0.3, -0.25) is 14.2 Å². The molecule has 5 aromatic rings. The van der Waals surface area contributed by atoms with Crippen LogP contribution in [-0.4, -0.2) is 15.5 Å². The highest BCUT2D eigenvalue weighted by atomic mass is 16.3. The molecule has 1 amide bonds. The van der Waals surface area contributed by atoms with Crippen LogP contribution in [0.3, 0.4) is 0 Å². The van der Waals surface area contributed by atoms with Crippen molar-refractivity contribution in [2.24, 2.45) is 0 Å². The monoisotopic (exact) mass is 369 g/mol. The molecule has 2 heterocycles. The van der Waals surface area contributed by atoms with Crippen molar-refractivity contribution in [3.8, 4) is 0 Å². The van der Waals surface area contributed by atoms with Crippen LogP contribution >= 0.6 is 0 Å². The smallest absolute Gasteiger partial charge is 0.297 e. The third kappa shape index (κ3) is 2.72. The van der Waals surface area contributed by atoms with Crippen LogP contribution < -0.4 is 10.9 Å². The zero-order valence-electron chi connectivity index (χ0n) is 14.8. The van der Waals surface area contributed by atoms with Gasteiger partial charge >= 0.3 is 0 Å². The third-order valence-electron chi connectivity index (χ3n) is 4.70. The lowest BCUT2D eigenvalue weighted by Gasteiger charge is -2.08. The van der Waals surface area contributed by atoms with E-state index in [1.807, 2.05) is 60.7 Å². The van der Waals surface area contributed by atoms with Crippen molar-refractivity contribution >= 4 is 44.4 Å². The van der Waals surface area contributed by atoms with Crippen LogP contribution in [0.2, 0.25) is 0 Å². The van der Waals surface area contributed by atoms with Crippen molar-refractivity contribution in [2.75, 3.05) is 5.32 Å². The van der Waals surface area contributed by atoms with Crippen molar-refractivity contribution < 1.29 is 9.21 Å². The fraction of sp³-hybridized carbons (Fsp3) is 0.0455. The van der Waals surface area contributed by atoms with Crippen molar-refractivity contribution in [3.05, 3.63) is 83.4 Å². The van der Waals surface area contributed by atoms with Crippen LogP contribution in [0.4, 0.5) is 5.69 Å². The van der Waals surface area contributed by atoms with E-state index in [-0.39, 0.29) is 23.6 Å². The molecule has 0 saturated carbocycles. The van der Waals surface area contributed by atoms with E-state index in [1.54, 1.807) is 6.07 Å².